The van der Waals surface area contributed by atoms with E-state index in [1.165, 1.54) is 7.11 Å². The molecule has 1 aliphatic rings. The van der Waals surface area contributed by atoms with Crippen LogP contribution in [0.5, 0.6) is 5.88 Å². The summed E-state index contributed by atoms with van der Waals surface area (Å²) in [7, 11) is 1.51. The number of ether oxygens (including phenoxy) is 2. The summed E-state index contributed by atoms with van der Waals surface area (Å²) in [6.07, 6.45) is 0.793. The summed E-state index contributed by atoms with van der Waals surface area (Å²) in [5.74, 6) is 0.483. The summed E-state index contributed by atoms with van der Waals surface area (Å²) in [6, 6.07) is 1.59. The van der Waals surface area contributed by atoms with Crippen molar-refractivity contribution in [1.82, 2.24) is 9.97 Å². The predicted octanol–water partition coefficient (Wildman–Crippen LogP) is 0.839. The summed E-state index contributed by atoms with van der Waals surface area (Å²) in [5.41, 5.74) is -1.04. The number of carboxylic acid groups (broad SMARTS) is 1. The first-order valence-electron chi connectivity index (χ1n) is 6.05. The maximum atomic E-state index is 11.5. The van der Waals surface area contributed by atoms with Crippen molar-refractivity contribution >= 4 is 11.8 Å². The van der Waals surface area contributed by atoms with E-state index in [1.54, 1.807) is 13.0 Å². The topological polar surface area (TPSA) is 93.6 Å². The monoisotopic (exact) mass is 267 g/mol. The number of aliphatic carboxylic acids is 1. The van der Waals surface area contributed by atoms with Crippen molar-refractivity contribution in [2.24, 2.45) is 0 Å². The van der Waals surface area contributed by atoms with Crippen LogP contribution in [0.1, 0.15) is 18.7 Å². The van der Waals surface area contributed by atoms with E-state index in [0.717, 1.165) is 0 Å². The zero-order valence-corrected chi connectivity index (χ0v) is 11.0. The quantitative estimate of drug-likeness (QED) is 0.834. The lowest BCUT2D eigenvalue weighted by molar-refractivity contribution is -0.145. The Morgan fingerprint density at radius 3 is 2.74 bits per heavy atom. The van der Waals surface area contributed by atoms with Crippen LogP contribution >= 0.6 is 0 Å². The zero-order chi connectivity index (χ0) is 13.9. The van der Waals surface area contributed by atoms with Gasteiger partial charge < -0.3 is 19.9 Å². The molecule has 0 unspecified atom stereocenters. The number of rotatable bonds is 4. The van der Waals surface area contributed by atoms with Crippen LogP contribution in [0.4, 0.5) is 5.82 Å². The van der Waals surface area contributed by atoms with E-state index < -0.39 is 11.5 Å². The molecule has 0 spiro atoms. The number of anilines is 1. The molecule has 0 aromatic carbocycles. The average Bonchev–Trinajstić information content (AvgIpc) is 2.38. The predicted molar refractivity (Wildman–Crippen MR) is 67.4 cm³/mol. The first-order chi connectivity index (χ1) is 9.05. The van der Waals surface area contributed by atoms with E-state index in [9.17, 15) is 9.90 Å². The fourth-order valence-electron chi connectivity index (χ4n) is 2.07. The third-order valence-electron chi connectivity index (χ3n) is 3.15. The SMILES string of the molecule is COc1cc(NC2(C(=O)O)CCOCC2)nc(C)n1. The fourth-order valence-corrected chi connectivity index (χ4v) is 2.07. The van der Waals surface area contributed by atoms with Gasteiger partial charge in [-0.15, -0.1) is 0 Å². The average molecular weight is 267 g/mol. The van der Waals surface area contributed by atoms with Crippen LogP contribution in [-0.2, 0) is 9.53 Å². The molecule has 7 heteroatoms. The number of hydrogen-bond acceptors (Lipinski definition) is 6. The lowest BCUT2D eigenvalue weighted by Crippen LogP contribution is -2.50. The van der Waals surface area contributed by atoms with Gasteiger partial charge in [0.2, 0.25) is 5.88 Å². The van der Waals surface area contributed by atoms with Gasteiger partial charge in [0.15, 0.2) is 0 Å². The molecule has 0 saturated carbocycles. The third kappa shape index (κ3) is 2.93. The van der Waals surface area contributed by atoms with E-state index in [2.05, 4.69) is 15.3 Å². The molecule has 1 aliphatic heterocycles. The lowest BCUT2D eigenvalue weighted by atomic mass is 9.90. The summed E-state index contributed by atoms with van der Waals surface area (Å²) >= 11 is 0. The lowest BCUT2D eigenvalue weighted by Gasteiger charge is -2.34. The summed E-state index contributed by atoms with van der Waals surface area (Å²) < 4.78 is 10.3. The number of hydrogen-bond donors (Lipinski definition) is 2. The minimum Gasteiger partial charge on any atom is -0.481 e. The Balaban J connectivity index is 2.26. The fraction of sp³-hybridized carbons (Fsp3) is 0.583. The molecule has 0 bridgehead atoms. The zero-order valence-electron chi connectivity index (χ0n) is 11.0. The molecule has 2 rings (SSSR count). The smallest absolute Gasteiger partial charge is 0.329 e. The van der Waals surface area contributed by atoms with Crippen molar-refractivity contribution in [3.05, 3.63) is 11.9 Å². The summed E-state index contributed by atoms with van der Waals surface area (Å²) in [5, 5.41) is 12.5. The van der Waals surface area contributed by atoms with Crippen LogP contribution < -0.4 is 10.1 Å². The standard InChI is InChI=1S/C12H17N3O4/c1-8-13-9(7-10(14-8)18-2)15-12(11(16)17)3-5-19-6-4-12/h7H,3-6H2,1-2H3,(H,16,17)(H,13,14,15). The van der Waals surface area contributed by atoms with Gasteiger partial charge in [-0.2, -0.15) is 4.98 Å². The van der Waals surface area contributed by atoms with Gasteiger partial charge in [0.1, 0.15) is 17.2 Å². The Kier molecular flexibility index (Phi) is 3.84. The summed E-state index contributed by atoms with van der Waals surface area (Å²) in [6.45, 7) is 2.56. The largest absolute Gasteiger partial charge is 0.481 e. The molecule has 0 amide bonds. The second-order valence-electron chi connectivity index (χ2n) is 4.47. The third-order valence-corrected chi connectivity index (χ3v) is 3.15. The van der Waals surface area contributed by atoms with Crippen LogP contribution in [0.2, 0.25) is 0 Å². The second-order valence-corrected chi connectivity index (χ2v) is 4.47. The van der Waals surface area contributed by atoms with Crippen molar-refractivity contribution in [3.8, 4) is 5.88 Å². The van der Waals surface area contributed by atoms with E-state index >= 15 is 0 Å². The van der Waals surface area contributed by atoms with E-state index in [1.807, 2.05) is 0 Å². The van der Waals surface area contributed by atoms with Gasteiger partial charge >= 0.3 is 5.97 Å². The Labute approximate surface area is 111 Å². The molecule has 1 aromatic heterocycles. The van der Waals surface area contributed by atoms with Crippen LogP contribution in [0.25, 0.3) is 0 Å². The molecule has 2 heterocycles. The Morgan fingerprint density at radius 1 is 1.47 bits per heavy atom. The number of aryl methyl sites for hydroxylation is 1. The minimum absolute atomic E-state index is 0.397. The molecule has 0 atom stereocenters. The molecular weight excluding hydrogens is 250 g/mol. The maximum absolute atomic E-state index is 11.5. The molecule has 104 valence electrons. The van der Waals surface area contributed by atoms with Crippen LogP contribution in [0.3, 0.4) is 0 Å². The van der Waals surface area contributed by atoms with Gasteiger partial charge in [-0.05, 0) is 6.92 Å². The van der Waals surface area contributed by atoms with Crippen LogP contribution in [-0.4, -0.2) is 46.9 Å². The van der Waals surface area contributed by atoms with Gasteiger partial charge in [0.05, 0.1) is 7.11 Å². The molecule has 1 saturated heterocycles. The summed E-state index contributed by atoms with van der Waals surface area (Å²) in [4.78, 5) is 19.8. The second kappa shape index (κ2) is 5.40. The number of nitrogens with one attached hydrogen (secondary N) is 1. The number of nitrogens with zero attached hydrogens (tertiary/aromatic N) is 2. The van der Waals surface area contributed by atoms with Gasteiger partial charge in [0, 0.05) is 32.1 Å². The van der Waals surface area contributed by atoms with Crippen LogP contribution in [0, 0.1) is 6.92 Å². The molecule has 0 radical (unpaired) electrons. The van der Waals surface area contributed by atoms with Gasteiger partial charge in [-0.25, -0.2) is 9.78 Å². The van der Waals surface area contributed by atoms with Crippen LogP contribution in [0.15, 0.2) is 6.07 Å². The molecule has 1 fully saturated rings. The molecular formula is C12H17N3O4. The van der Waals surface area contributed by atoms with Crippen molar-refractivity contribution in [1.29, 1.82) is 0 Å². The highest BCUT2D eigenvalue weighted by Gasteiger charge is 2.40. The Hall–Kier alpha value is -1.89. The highest BCUT2D eigenvalue weighted by molar-refractivity contribution is 5.82. The van der Waals surface area contributed by atoms with Crippen molar-refractivity contribution in [2.75, 3.05) is 25.6 Å². The molecule has 1 aromatic rings. The normalized spacial score (nSPS) is 17.8. The van der Waals surface area contributed by atoms with Gasteiger partial charge in [-0.1, -0.05) is 0 Å². The van der Waals surface area contributed by atoms with Crippen molar-refractivity contribution < 1.29 is 19.4 Å². The number of carbonyl (C=O) groups is 1. The Morgan fingerprint density at radius 2 is 2.16 bits per heavy atom. The maximum Gasteiger partial charge on any atom is 0.329 e. The number of carboxylic acids is 1. The van der Waals surface area contributed by atoms with E-state index in [4.69, 9.17) is 9.47 Å². The van der Waals surface area contributed by atoms with Crippen molar-refractivity contribution in [2.45, 2.75) is 25.3 Å². The van der Waals surface area contributed by atoms with E-state index in [-0.39, 0.29) is 0 Å². The molecule has 19 heavy (non-hydrogen) atoms. The first kappa shape index (κ1) is 13.5. The highest BCUT2D eigenvalue weighted by atomic mass is 16.5. The molecule has 0 aliphatic carbocycles. The minimum atomic E-state index is -1.04. The van der Waals surface area contributed by atoms with Gasteiger partial charge in [-0.3, -0.25) is 0 Å². The van der Waals surface area contributed by atoms with E-state index in [0.29, 0.717) is 43.6 Å². The van der Waals surface area contributed by atoms with Gasteiger partial charge in [0.25, 0.3) is 0 Å². The molecule has 7 nitrogen and oxygen atoms in total. The highest BCUT2D eigenvalue weighted by Crippen LogP contribution is 2.26. The number of methoxy groups -OCH3 is 1. The Bertz CT molecular complexity index is 472. The van der Waals surface area contributed by atoms with Crippen molar-refractivity contribution in [3.63, 3.8) is 0 Å². The molecule has 2 N–H and O–H groups in total. The number of aromatic nitrogens is 2. The first-order valence-corrected chi connectivity index (χ1v) is 6.05.